The number of hydrogen-bond acceptors (Lipinski definition) is 6. The van der Waals surface area contributed by atoms with Crippen LogP contribution in [0, 0.1) is 20.2 Å². The van der Waals surface area contributed by atoms with Crippen molar-refractivity contribution in [1.82, 2.24) is 5.32 Å². The second kappa shape index (κ2) is 8.93. The minimum atomic E-state index is -0.784. The molecule has 0 bridgehead atoms. The van der Waals surface area contributed by atoms with E-state index >= 15 is 0 Å². The Bertz CT molecular complexity index is 1040. The highest BCUT2D eigenvalue weighted by molar-refractivity contribution is 5.96. The van der Waals surface area contributed by atoms with Crippen molar-refractivity contribution < 1.29 is 14.6 Å². The average Bonchev–Trinajstić information content (AvgIpc) is 2.77. The second-order valence-electron chi connectivity index (χ2n) is 6.55. The van der Waals surface area contributed by atoms with Gasteiger partial charge in [-0.3, -0.25) is 25.0 Å². The third kappa shape index (κ3) is 4.65. The summed E-state index contributed by atoms with van der Waals surface area (Å²) in [5, 5.41) is 25.0. The maximum atomic E-state index is 12.9. The molecule has 0 aliphatic rings. The number of amides is 1. The van der Waals surface area contributed by atoms with Crippen LogP contribution in [0.1, 0.15) is 33.6 Å². The first-order chi connectivity index (χ1) is 14.4. The van der Waals surface area contributed by atoms with Gasteiger partial charge in [-0.25, -0.2) is 0 Å². The van der Waals surface area contributed by atoms with Gasteiger partial charge in [0.25, 0.3) is 17.3 Å². The van der Waals surface area contributed by atoms with Crippen LogP contribution in [0.5, 0.6) is 0 Å². The summed E-state index contributed by atoms with van der Waals surface area (Å²) in [6.45, 7) is 0. The maximum Gasteiger partial charge on any atom is 0.277 e. The van der Waals surface area contributed by atoms with E-state index in [4.69, 9.17) is 5.73 Å². The Morgan fingerprint density at radius 1 is 0.800 bits per heavy atom. The molecule has 0 fully saturated rings. The maximum absolute atomic E-state index is 12.9. The summed E-state index contributed by atoms with van der Waals surface area (Å²) < 4.78 is 0. The lowest BCUT2D eigenvalue weighted by Gasteiger charge is -2.26. The molecule has 3 aromatic rings. The van der Waals surface area contributed by atoms with E-state index in [9.17, 15) is 25.0 Å². The number of nitro benzene ring substituents is 2. The SMILES string of the molecule is NC(c1ccccc1)[C@H](NC(=O)c1cc([N+](=O)[O-])cc([N+](=O)[O-])c1)c1ccccc1. The van der Waals surface area contributed by atoms with E-state index in [0.717, 1.165) is 29.3 Å². The normalized spacial score (nSPS) is 12.6. The largest absolute Gasteiger partial charge is 0.343 e. The number of non-ortho nitro benzene ring substituents is 2. The van der Waals surface area contributed by atoms with Gasteiger partial charge in [0.05, 0.1) is 33.6 Å². The molecule has 0 aromatic heterocycles. The van der Waals surface area contributed by atoms with Gasteiger partial charge in [0.1, 0.15) is 0 Å². The Balaban J connectivity index is 1.98. The zero-order chi connectivity index (χ0) is 21.7. The molecule has 30 heavy (non-hydrogen) atoms. The number of nitrogens with two attached hydrogens (primary N) is 1. The first-order valence-electron chi connectivity index (χ1n) is 8.97. The molecule has 9 nitrogen and oxygen atoms in total. The van der Waals surface area contributed by atoms with E-state index in [-0.39, 0.29) is 5.56 Å². The standard InChI is InChI=1S/C21H18N4O5/c22-19(14-7-3-1-4-8-14)20(15-9-5-2-6-10-15)23-21(26)16-11-17(24(27)28)13-18(12-16)25(29)30/h1-13,19-20H,22H2,(H,23,26)/t19?,20-/m1/s1. The van der Waals surface area contributed by atoms with E-state index in [1.807, 2.05) is 36.4 Å². The monoisotopic (exact) mass is 406 g/mol. The molecule has 3 N–H and O–H groups in total. The van der Waals surface area contributed by atoms with E-state index in [2.05, 4.69) is 5.32 Å². The van der Waals surface area contributed by atoms with Crippen molar-refractivity contribution in [3.05, 3.63) is 116 Å². The molecule has 0 radical (unpaired) electrons. The zero-order valence-corrected chi connectivity index (χ0v) is 15.7. The van der Waals surface area contributed by atoms with Crippen molar-refractivity contribution in [3.63, 3.8) is 0 Å². The highest BCUT2D eigenvalue weighted by atomic mass is 16.6. The predicted molar refractivity (Wildman–Crippen MR) is 110 cm³/mol. The quantitative estimate of drug-likeness (QED) is 0.453. The van der Waals surface area contributed by atoms with Gasteiger partial charge in [0, 0.05) is 12.1 Å². The summed E-state index contributed by atoms with van der Waals surface area (Å²) in [5.74, 6) is -0.706. The van der Waals surface area contributed by atoms with Crippen LogP contribution < -0.4 is 11.1 Å². The Morgan fingerprint density at radius 2 is 1.27 bits per heavy atom. The minimum Gasteiger partial charge on any atom is -0.343 e. The molecule has 1 unspecified atom stereocenters. The van der Waals surface area contributed by atoms with Crippen LogP contribution in [0.15, 0.2) is 78.9 Å². The van der Waals surface area contributed by atoms with Gasteiger partial charge >= 0.3 is 0 Å². The van der Waals surface area contributed by atoms with Gasteiger partial charge in [0.2, 0.25) is 0 Å². The number of nitro groups is 2. The summed E-state index contributed by atoms with van der Waals surface area (Å²) in [7, 11) is 0. The topological polar surface area (TPSA) is 141 Å². The summed E-state index contributed by atoms with van der Waals surface area (Å²) in [6, 6.07) is 19.7. The Kier molecular flexibility index (Phi) is 6.14. The zero-order valence-electron chi connectivity index (χ0n) is 15.7. The highest BCUT2D eigenvalue weighted by Crippen LogP contribution is 2.28. The Hall–Kier alpha value is -4.11. The van der Waals surface area contributed by atoms with Crippen molar-refractivity contribution in [3.8, 4) is 0 Å². The van der Waals surface area contributed by atoms with Crippen LogP contribution in [0.4, 0.5) is 11.4 Å². The summed E-state index contributed by atoms with van der Waals surface area (Å²) in [4.78, 5) is 33.6. The van der Waals surface area contributed by atoms with E-state index < -0.39 is 39.2 Å². The number of nitrogens with one attached hydrogen (secondary N) is 1. The first-order valence-corrected chi connectivity index (χ1v) is 8.97. The molecule has 0 heterocycles. The lowest BCUT2D eigenvalue weighted by Crippen LogP contribution is -2.36. The molecule has 2 atom stereocenters. The van der Waals surface area contributed by atoms with Gasteiger partial charge < -0.3 is 11.1 Å². The van der Waals surface area contributed by atoms with E-state index in [0.29, 0.717) is 0 Å². The van der Waals surface area contributed by atoms with Crippen molar-refractivity contribution >= 4 is 17.3 Å². The summed E-state index contributed by atoms with van der Waals surface area (Å²) >= 11 is 0. The van der Waals surface area contributed by atoms with Crippen molar-refractivity contribution in [2.75, 3.05) is 0 Å². The number of nitrogens with zero attached hydrogens (tertiary/aromatic N) is 2. The summed E-state index contributed by atoms with van der Waals surface area (Å²) in [5.41, 5.74) is 6.64. The van der Waals surface area contributed by atoms with Crippen LogP contribution in [-0.4, -0.2) is 15.8 Å². The molecule has 3 aromatic carbocycles. The Labute approximate surface area is 171 Å². The number of rotatable bonds is 7. The van der Waals surface area contributed by atoms with Crippen molar-refractivity contribution in [2.45, 2.75) is 12.1 Å². The van der Waals surface area contributed by atoms with E-state index in [1.54, 1.807) is 24.3 Å². The van der Waals surface area contributed by atoms with Gasteiger partial charge in [-0.05, 0) is 11.1 Å². The molecule has 152 valence electrons. The number of carbonyl (C=O) groups excluding carboxylic acids is 1. The molecular weight excluding hydrogens is 388 g/mol. The third-order valence-electron chi connectivity index (χ3n) is 4.58. The highest BCUT2D eigenvalue weighted by Gasteiger charge is 2.26. The summed E-state index contributed by atoms with van der Waals surface area (Å²) in [6.07, 6.45) is 0. The third-order valence-corrected chi connectivity index (χ3v) is 4.58. The smallest absolute Gasteiger partial charge is 0.277 e. The fourth-order valence-electron chi connectivity index (χ4n) is 3.07. The molecule has 0 spiro atoms. The molecule has 3 rings (SSSR count). The number of benzene rings is 3. The van der Waals surface area contributed by atoms with Crippen molar-refractivity contribution in [1.29, 1.82) is 0 Å². The average molecular weight is 406 g/mol. The van der Waals surface area contributed by atoms with E-state index in [1.165, 1.54) is 0 Å². The lowest BCUT2D eigenvalue weighted by atomic mass is 9.93. The predicted octanol–water partition coefficient (Wildman–Crippen LogP) is 3.67. The van der Waals surface area contributed by atoms with Crippen molar-refractivity contribution in [2.24, 2.45) is 5.73 Å². The minimum absolute atomic E-state index is 0.197. The van der Waals surface area contributed by atoms with Crippen LogP contribution >= 0.6 is 0 Å². The lowest BCUT2D eigenvalue weighted by molar-refractivity contribution is -0.394. The van der Waals surface area contributed by atoms with Gasteiger partial charge in [-0.1, -0.05) is 60.7 Å². The number of hydrogen-bond donors (Lipinski definition) is 2. The fraction of sp³-hybridized carbons (Fsp3) is 0.0952. The molecule has 0 saturated heterocycles. The molecule has 0 aliphatic heterocycles. The van der Waals surface area contributed by atoms with Gasteiger partial charge in [-0.2, -0.15) is 0 Å². The number of carbonyl (C=O) groups is 1. The molecule has 0 saturated carbocycles. The molecule has 0 aliphatic carbocycles. The fourth-order valence-corrected chi connectivity index (χ4v) is 3.07. The van der Waals surface area contributed by atoms with Gasteiger partial charge in [0.15, 0.2) is 0 Å². The van der Waals surface area contributed by atoms with Crippen LogP contribution in [0.3, 0.4) is 0 Å². The second-order valence-corrected chi connectivity index (χ2v) is 6.55. The molecular formula is C21H18N4O5. The van der Waals surface area contributed by atoms with Crippen LogP contribution in [-0.2, 0) is 0 Å². The van der Waals surface area contributed by atoms with Crippen LogP contribution in [0.2, 0.25) is 0 Å². The molecule has 1 amide bonds. The molecule has 9 heteroatoms. The first kappa shape index (κ1) is 20.6. The van der Waals surface area contributed by atoms with Gasteiger partial charge in [-0.15, -0.1) is 0 Å². The van der Waals surface area contributed by atoms with Crippen LogP contribution in [0.25, 0.3) is 0 Å². The Morgan fingerprint density at radius 3 is 1.73 bits per heavy atom.